The summed E-state index contributed by atoms with van der Waals surface area (Å²) in [5.41, 5.74) is 0. The maximum absolute atomic E-state index is 4.50. The van der Waals surface area contributed by atoms with Gasteiger partial charge in [0, 0.05) is 18.7 Å². The van der Waals surface area contributed by atoms with Crippen LogP contribution in [0, 0.1) is 3.57 Å². The summed E-state index contributed by atoms with van der Waals surface area (Å²) < 4.78 is 1.08. The Kier molecular flexibility index (Phi) is 4.57. The highest BCUT2D eigenvalue weighted by Gasteiger charge is 2.09. The van der Waals surface area contributed by atoms with Gasteiger partial charge in [-0.05, 0) is 35.9 Å². The smallest absolute Gasteiger partial charge is 0.143 e. The van der Waals surface area contributed by atoms with Crippen LogP contribution in [0.15, 0.2) is 6.20 Å². The molecule has 1 N–H and O–H groups in total. The van der Waals surface area contributed by atoms with Crippen molar-refractivity contribution in [1.29, 1.82) is 0 Å². The van der Waals surface area contributed by atoms with Crippen molar-refractivity contribution >= 4 is 28.4 Å². The molecule has 0 spiro atoms. The van der Waals surface area contributed by atoms with Crippen LogP contribution in [0.25, 0.3) is 0 Å². The fraction of sp³-hybridized carbons (Fsp3) is 0.600. The SMILES string of the molecule is CCNc1nc(C(C)CC)ncc1I. The number of hydrogen-bond donors (Lipinski definition) is 1. The third-order valence-corrected chi connectivity index (χ3v) is 2.95. The molecule has 1 aromatic heterocycles. The fourth-order valence-corrected chi connectivity index (χ4v) is 1.54. The molecule has 1 rings (SSSR count). The largest absolute Gasteiger partial charge is 0.369 e. The summed E-state index contributed by atoms with van der Waals surface area (Å²) in [5, 5.41) is 3.24. The minimum Gasteiger partial charge on any atom is -0.369 e. The summed E-state index contributed by atoms with van der Waals surface area (Å²) >= 11 is 2.25. The lowest BCUT2D eigenvalue weighted by molar-refractivity contribution is 0.678. The Balaban J connectivity index is 2.93. The molecule has 0 aliphatic rings. The van der Waals surface area contributed by atoms with E-state index in [2.05, 4.69) is 58.6 Å². The zero-order valence-corrected chi connectivity index (χ0v) is 11.0. The van der Waals surface area contributed by atoms with E-state index in [1.165, 1.54) is 0 Å². The quantitative estimate of drug-likeness (QED) is 0.869. The van der Waals surface area contributed by atoms with Gasteiger partial charge in [-0.1, -0.05) is 13.8 Å². The van der Waals surface area contributed by atoms with Crippen molar-refractivity contribution in [2.45, 2.75) is 33.1 Å². The van der Waals surface area contributed by atoms with E-state index in [0.717, 1.165) is 28.2 Å². The molecule has 0 radical (unpaired) electrons. The molecular formula is C10H16IN3. The maximum Gasteiger partial charge on any atom is 0.143 e. The average Bonchev–Trinajstić information content (AvgIpc) is 2.20. The van der Waals surface area contributed by atoms with Crippen molar-refractivity contribution in [3.05, 3.63) is 15.6 Å². The van der Waals surface area contributed by atoms with Crippen molar-refractivity contribution in [1.82, 2.24) is 9.97 Å². The van der Waals surface area contributed by atoms with Crippen molar-refractivity contribution in [2.24, 2.45) is 0 Å². The molecule has 14 heavy (non-hydrogen) atoms. The number of halogens is 1. The van der Waals surface area contributed by atoms with E-state index >= 15 is 0 Å². The maximum atomic E-state index is 4.50. The van der Waals surface area contributed by atoms with Crippen molar-refractivity contribution in [3.63, 3.8) is 0 Å². The van der Waals surface area contributed by atoms with Crippen molar-refractivity contribution in [2.75, 3.05) is 11.9 Å². The van der Waals surface area contributed by atoms with Crippen molar-refractivity contribution in [3.8, 4) is 0 Å². The third kappa shape index (κ3) is 2.80. The summed E-state index contributed by atoms with van der Waals surface area (Å²) in [4.78, 5) is 8.84. The molecule has 0 saturated heterocycles. The van der Waals surface area contributed by atoms with Crippen LogP contribution in [-0.4, -0.2) is 16.5 Å². The summed E-state index contributed by atoms with van der Waals surface area (Å²) in [6.07, 6.45) is 2.96. The highest BCUT2D eigenvalue weighted by Crippen LogP contribution is 2.19. The molecule has 78 valence electrons. The molecule has 1 heterocycles. The van der Waals surface area contributed by atoms with E-state index in [1.807, 2.05) is 6.20 Å². The van der Waals surface area contributed by atoms with Gasteiger partial charge in [0.2, 0.25) is 0 Å². The molecule has 0 amide bonds. The minimum absolute atomic E-state index is 0.435. The van der Waals surface area contributed by atoms with Crippen LogP contribution in [0.2, 0.25) is 0 Å². The van der Waals surface area contributed by atoms with Crippen LogP contribution in [-0.2, 0) is 0 Å². The van der Waals surface area contributed by atoms with Gasteiger partial charge in [-0.25, -0.2) is 9.97 Å². The lowest BCUT2D eigenvalue weighted by Gasteiger charge is -2.10. The highest BCUT2D eigenvalue weighted by atomic mass is 127. The van der Waals surface area contributed by atoms with Gasteiger partial charge < -0.3 is 5.32 Å². The van der Waals surface area contributed by atoms with Gasteiger partial charge >= 0.3 is 0 Å². The molecular weight excluding hydrogens is 289 g/mol. The second kappa shape index (κ2) is 5.48. The third-order valence-electron chi connectivity index (χ3n) is 2.16. The van der Waals surface area contributed by atoms with E-state index in [9.17, 15) is 0 Å². The van der Waals surface area contributed by atoms with Gasteiger partial charge in [0.15, 0.2) is 0 Å². The first-order chi connectivity index (χ1) is 6.69. The summed E-state index contributed by atoms with van der Waals surface area (Å²) in [5.74, 6) is 2.33. The fourth-order valence-electron chi connectivity index (χ4n) is 1.09. The van der Waals surface area contributed by atoms with E-state index in [0.29, 0.717) is 5.92 Å². The molecule has 0 fully saturated rings. The second-order valence-electron chi connectivity index (χ2n) is 3.26. The van der Waals surface area contributed by atoms with Gasteiger partial charge in [-0.3, -0.25) is 0 Å². The van der Waals surface area contributed by atoms with Gasteiger partial charge in [-0.2, -0.15) is 0 Å². The Morgan fingerprint density at radius 1 is 1.50 bits per heavy atom. The summed E-state index contributed by atoms with van der Waals surface area (Å²) in [6, 6.07) is 0. The lowest BCUT2D eigenvalue weighted by atomic mass is 10.1. The molecule has 0 aliphatic heterocycles. The first-order valence-electron chi connectivity index (χ1n) is 4.95. The van der Waals surface area contributed by atoms with E-state index in [-0.39, 0.29) is 0 Å². The van der Waals surface area contributed by atoms with Crippen LogP contribution in [0.1, 0.15) is 38.9 Å². The minimum atomic E-state index is 0.435. The Morgan fingerprint density at radius 2 is 2.21 bits per heavy atom. The number of nitrogens with one attached hydrogen (secondary N) is 1. The molecule has 1 aromatic rings. The zero-order chi connectivity index (χ0) is 10.6. The summed E-state index contributed by atoms with van der Waals surface area (Å²) in [7, 11) is 0. The molecule has 3 nitrogen and oxygen atoms in total. The standard InChI is InChI=1S/C10H16IN3/c1-4-7(3)9-13-6-8(11)10(14-9)12-5-2/h6-7H,4-5H2,1-3H3,(H,12,13,14). The average molecular weight is 305 g/mol. The Bertz CT molecular complexity index is 301. The Labute approximate surface area is 98.9 Å². The highest BCUT2D eigenvalue weighted by molar-refractivity contribution is 14.1. The van der Waals surface area contributed by atoms with E-state index in [1.54, 1.807) is 0 Å². The first kappa shape index (κ1) is 11.7. The zero-order valence-electron chi connectivity index (χ0n) is 8.84. The number of anilines is 1. The predicted molar refractivity (Wildman–Crippen MR) is 67.6 cm³/mol. The van der Waals surface area contributed by atoms with Crippen LogP contribution >= 0.6 is 22.6 Å². The van der Waals surface area contributed by atoms with Gasteiger partial charge in [0.25, 0.3) is 0 Å². The normalized spacial score (nSPS) is 12.6. The molecule has 4 heteroatoms. The van der Waals surface area contributed by atoms with Crippen molar-refractivity contribution < 1.29 is 0 Å². The van der Waals surface area contributed by atoms with Gasteiger partial charge in [0.05, 0.1) is 3.57 Å². The molecule has 1 atom stereocenters. The first-order valence-corrected chi connectivity index (χ1v) is 6.03. The summed E-state index contributed by atoms with van der Waals surface area (Å²) in [6.45, 7) is 7.27. The molecule has 0 bridgehead atoms. The lowest BCUT2D eigenvalue weighted by Crippen LogP contribution is -2.07. The van der Waals surface area contributed by atoms with Crippen LogP contribution in [0.3, 0.4) is 0 Å². The van der Waals surface area contributed by atoms with Gasteiger partial charge in [0.1, 0.15) is 11.6 Å². The topological polar surface area (TPSA) is 37.8 Å². The van der Waals surface area contributed by atoms with Gasteiger partial charge in [-0.15, -0.1) is 0 Å². The monoisotopic (exact) mass is 305 g/mol. The molecule has 0 aromatic carbocycles. The van der Waals surface area contributed by atoms with E-state index < -0.39 is 0 Å². The number of rotatable bonds is 4. The van der Waals surface area contributed by atoms with Crippen LogP contribution in [0.5, 0.6) is 0 Å². The Hall–Kier alpha value is -0.390. The number of hydrogen-bond acceptors (Lipinski definition) is 3. The number of nitrogens with zero attached hydrogens (tertiary/aromatic N) is 2. The van der Waals surface area contributed by atoms with Crippen LogP contribution < -0.4 is 5.32 Å². The van der Waals surface area contributed by atoms with E-state index in [4.69, 9.17) is 0 Å². The molecule has 0 aliphatic carbocycles. The Morgan fingerprint density at radius 3 is 2.79 bits per heavy atom. The van der Waals surface area contributed by atoms with Crippen LogP contribution in [0.4, 0.5) is 5.82 Å². The molecule has 0 saturated carbocycles. The second-order valence-corrected chi connectivity index (χ2v) is 4.43. The molecule has 1 unspecified atom stereocenters. The number of aromatic nitrogens is 2. The predicted octanol–water partition coefficient (Wildman–Crippen LogP) is 3.03.